The topological polar surface area (TPSA) is 24.1 Å². The molecule has 0 aliphatic heterocycles. The van der Waals surface area contributed by atoms with Crippen LogP contribution in [0, 0.1) is 12.8 Å². The molecule has 3 heteroatoms. The van der Waals surface area contributed by atoms with Gasteiger partial charge in [0, 0.05) is 17.9 Å². The predicted molar refractivity (Wildman–Crippen MR) is 114 cm³/mol. The Labute approximate surface area is 160 Å². The van der Waals surface area contributed by atoms with Gasteiger partial charge in [-0.1, -0.05) is 51.6 Å². The zero-order chi connectivity index (χ0) is 17.7. The van der Waals surface area contributed by atoms with Crippen LogP contribution < -0.4 is 8.85 Å². The van der Waals surface area contributed by atoms with E-state index in [1.54, 1.807) is 0 Å². The van der Waals surface area contributed by atoms with Crippen LogP contribution >= 0.6 is 22.9 Å². The highest BCUT2D eigenvalue weighted by Gasteiger charge is 2.13. The molecule has 0 saturated carbocycles. The van der Waals surface area contributed by atoms with Crippen molar-refractivity contribution in [3.8, 4) is 0 Å². The monoisotopic (exact) mass is 434 g/mol. The van der Waals surface area contributed by atoms with Crippen LogP contribution in [0.3, 0.4) is 0 Å². The van der Waals surface area contributed by atoms with Gasteiger partial charge in [0.2, 0.25) is 0 Å². The quantitative estimate of drug-likeness (QED) is 0.396. The Balaban J connectivity index is 2.06. The van der Waals surface area contributed by atoms with Gasteiger partial charge < -0.3 is 8.85 Å². The van der Waals surface area contributed by atoms with Crippen molar-refractivity contribution in [3.05, 3.63) is 71.3 Å². The lowest BCUT2D eigenvalue weighted by molar-refractivity contribution is 0.533. The van der Waals surface area contributed by atoms with Crippen LogP contribution in [0.4, 0.5) is 5.69 Å². The highest BCUT2D eigenvalue weighted by atomic mass is 127. The molecular formula is C21H27IN2. The molecule has 0 radical (unpaired) electrons. The zero-order valence-corrected chi connectivity index (χ0v) is 17.1. The van der Waals surface area contributed by atoms with Crippen LogP contribution in [0.2, 0.25) is 0 Å². The van der Waals surface area contributed by atoms with Crippen molar-refractivity contribution >= 4 is 34.2 Å². The van der Waals surface area contributed by atoms with Gasteiger partial charge in [-0.15, -0.1) is 0 Å². The predicted octanol–water partition coefficient (Wildman–Crippen LogP) is 6.28. The summed E-state index contributed by atoms with van der Waals surface area (Å²) in [5, 5.41) is 3.44. The number of aryl methyl sites for hydroxylation is 1. The summed E-state index contributed by atoms with van der Waals surface area (Å²) in [5.74, 6) is 1.22. The highest BCUT2D eigenvalue weighted by molar-refractivity contribution is 14.1. The van der Waals surface area contributed by atoms with Crippen LogP contribution in [0.5, 0.6) is 0 Å². The molecule has 2 aromatic carbocycles. The second-order valence-corrected chi connectivity index (χ2v) is 7.27. The summed E-state index contributed by atoms with van der Waals surface area (Å²) in [6.45, 7) is 14.0. The number of anilines is 1. The average Bonchev–Trinajstić information content (AvgIpc) is 2.59. The summed E-state index contributed by atoms with van der Waals surface area (Å²) < 4.78 is 3.14. The van der Waals surface area contributed by atoms with Crippen molar-refractivity contribution in [2.24, 2.45) is 5.92 Å². The van der Waals surface area contributed by atoms with Crippen molar-refractivity contribution < 1.29 is 0 Å². The molecule has 1 atom stereocenters. The summed E-state index contributed by atoms with van der Waals surface area (Å²) in [6.07, 6.45) is 0. The van der Waals surface area contributed by atoms with Gasteiger partial charge in [0.25, 0.3) is 0 Å². The maximum atomic E-state index is 4.21. The van der Waals surface area contributed by atoms with Crippen molar-refractivity contribution in [1.29, 1.82) is 0 Å². The van der Waals surface area contributed by atoms with Gasteiger partial charge in [-0.05, 0) is 59.2 Å². The summed E-state index contributed by atoms with van der Waals surface area (Å²) in [4.78, 5) is 0. The molecule has 0 aliphatic rings. The van der Waals surface area contributed by atoms with E-state index in [-0.39, 0.29) is 0 Å². The van der Waals surface area contributed by atoms with Crippen LogP contribution in [0.15, 0.2) is 49.0 Å². The standard InChI is InChI=1S/C21H27IN2/c1-14(2)16(4)21-10-9-19(11-15(21)3)17(5)23-13-18-7-6-8-20(12-18)24-22/h6-12,14,16,23-24H,5,13H2,1-4H3. The summed E-state index contributed by atoms with van der Waals surface area (Å²) in [7, 11) is 0. The smallest absolute Gasteiger partial charge is 0.0560 e. The fourth-order valence-electron chi connectivity index (χ4n) is 2.78. The minimum atomic E-state index is 0.573. The molecule has 2 aromatic rings. The zero-order valence-electron chi connectivity index (χ0n) is 15.0. The molecule has 0 aliphatic carbocycles. The fraction of sp³-hybridized carbons (Fsp3) is 0.333. The van der Waals surface area contributed by atoms with E-state index in [1.807, 2.05) is 0 Å². The third-order valence-corrected chi connectivity index (χ3v) is 5.27. The Kier molecular flexibility index (Phi) is 6.72. The van der Waals surface area contributed by atoms with Gasteiger partial charge in [-0.25, -0.2) is 0 Å². The lowest BCUT2D eigenvalue weighted by atomic mass is 9.87. The third-order valence-electron chi connectivity index (χ3n) is 4.65. The molecule has 2 rings (SSSR count). The van der Waals surface area contributed by atoms with Crippen molar-refractivity contribution in [2.75, 3.05) is 3.53 Å². The van der Waals surface area contributed by atoms with Gasteiger partial charge in [0.1, 0.15) is 0 Å². The lowest BCUT2D eigenvalue weighted by Crippen LogP contribution is -2.11. The van der Waals surface area contributed by atoms with E-state index < -0.39 is 0 Å². The molecule has 2 nitrogen and oxygen atoms in total. The number of halogens is 1. The second-order valence-electron chi connectivity index (χ2n) is 6.73. The second kappa shape index (κ2) is 8.56. The third kappa shape index (κ3) is 4.76. The van der Waals surface area contributed by atoms with Crippen LogP contribution in [-0.2, 0) is 6.54 Å². The van der Waals surface area contributed by atoms with Crippen molar-refractivity contribution in [2.45, 2.75) is 40.2 Å². The van der Waals surface area contributed by atoms with Crippen LogP contribution in [0.1, 0.15) is 48.9 Å². The van der Waals surface area contributed by atoms with Crippen LogP contribution in [-0.4, -0.2) is 0 Å². The minimum Gasteiger partial charge on any atom is -0.381 e. The van der Waals surface area contributed by atoms with E-state index >= 15 is 0 Å². The summed E-state index contributed by atoms with van der Waals surface area (Å²) >= 11 is 2.15. The SMILES string of the molecule is C=C(NCc1cccc(NI)c1)c1ccc(C(C)C(C)C)c(C)c1. The van der Waals surface area contributed by atoms with Gasteiger partial charge in [-0.3, -0.25) is 0 Å². The Morgan fingerprint density at radius 2 is 1.88 bits per heavy atom. The van der Waals surface area contributed by atoms with Crippen molar-refractivity contribution in [1.82, 2.24) is 5.32 Å². The van der Waals surface area contributed by atoms with Gasteiger partial charge in [0.15, 0.2) is 0 Å². The first-order valence-corrected chi connectivity index (χ1v) is 9.49. The Morgan fingerprint density at radius 3 is 2.50 bits per heavy atom. The van der Waals surface area contributed by atoms with Gasteiger partial charge in [0.05, 0.1) is 22.9 Å². The molecule has 0 amide bonds. The molecule has 0 heterocycles. The molecule has 128 valence electrons. The van der Waals surface area contributed by atoms with Crippen molar-refractivity contribution in [3.63, 3.8) is 0 Å². The van der Waals surface area contributed by atoms with E-state index in [2.05, 4.69) is 108 Å². The van der Waals surface area contributed by atoms with Gasteiger partial charge >= 0.3 is 0 Å². The number of hydrogen-bond acceptors (Lipinski definition) is 2. The van der Waals surface area contributed by atoms with Gasteiger partial charge in [-0.2, -0.15) is 0 Å². The molecule has 0 spiro atoms. The van der Waals surface area contributed by atoms with E-state index in [0.29, 0.717) is 11.8 Å². The average molecular weight is 434 g/mol. The van der Waals surface area contributed by atoms with E-state index in [1.165, 1.54) is 16.7 Å². The first-order valence-electron chi connectivity index (χ1n) is 8.41. The largest absolute Gasteiger partial charge is 0.381 e. The normalized spacial score (nSPS) is 12.1. The maximum Gasteiger partial charge on any atom is 0.0560 e. The van der Waals surface area contributed by atoms with E-state index in [4.69, 9.17) is 0 Å². The molecule has 0 fully saturated rings. The molecule has 24 heavy (non-hydrogen) atoms. The number of nitrogens with one attached hydrogen (secondary N) is 2. The summed E-state index contributed by atoms with van der Waals surface area (Å²) in [6, 6.07) is 15.1. The summed E-state index contributed by atoms with van der Waals surface area (Å²) in [5.41, 5.74) is 7.25. The molecule has 0 aromatic heterocycles. The Bertz CT molecular complexity index is 707. The molecule has 2 N–H and O–H groups in total. The molecular weight excluding hydrogens is 407 g/mol. The Hall–Kier alpha value is -1.49. The minimum absolute atomic E-state index is 0.573. The van der Waals surface area contributed by atoms with E-state index in [9.17, 15) is 0 Å². The fourth-order valence-corrected chi connectivity index (χ4v) is 3.12. The highest BCUT2D eigenvalue weighted by Crippen LogP contribution is 2.28. The number of benzene rings is 2. The number of rotatable bonds is 7. The molecule has 0 saturated heterocycles. The van der Waals surface area contributed by atoms with Crippen LogP contribution in [0.25, 0.3) is 5.70 Å². The van der Waals surface area contributed by atoms with E-state index in [0.717, 1.165) is 23.5 Å². The Morgan fingerprint density at radius 1 is 1.12 bits per heavy atom. The first kappa shape index (κ1) is 18.8. The maximum absolute atomic E-state index is 4.21. The molecule has 1 unspecified atom stereocenters. The number of hydrogen-bond donors (Lipinski definition) is 2. The molecule has 0 bridgehead atoms. The lowest BCUT2D eigenvalue weighted by Gasteiger charge is -2.20. The first-order chi connectivity index (χ1) is 11.4.